The molecule has 0 radical (unpaired) electrons. The summed E-state index contributed by atoms with van der Waals surface area (Å²) in [5.41, 5.74) is 1.52. The van der Waals surface area contributed by atoms with Crippen LogP contribution in [0.25, 0.3) is 11.3 Å². The van der Waals surface area contributed by atoms with Crippen LogP contribution in [-0.2, 0) is 19.9 Å². The number of hydrogen-bond acceptors (Lipinski definition) is 7. The second-order valence-corrected chi connectivity index (χ2v) is 11.3. The SMILES string of the molecule is CCS(=O)(=O)c1ccc(-c2ccc(NS(=O)(=O)c3ccc(Cl)s3)cc2)nn1. The van der Waals surface area contributed by atoms with Crippen molar-refractivity contribution in [2.24, 2.45) is 0 Å². The van der Waals surface area contributed by atoms with Gasteiger partial charge in [-0.3, -0.25) is 4.72 Å². The minimum atomic E-state index is -3.71. The van der Waals surface area contributed by atoms with Crippen molar-refractivity contribution in [3.63, 3.8) is 0 Å². The second-order valence-electron chi connectivity index (χ2n) is 5.40. The number of sulfonamides is 1. The molecule has 142 valence electrons. The molecule has 2 aromatic heterocycles. The molecule has 0 spiro atoms. The molecule has 0 saturated carbocycles. The van der Waals surface area contributed by atoms with E-state index >= 15 is 0 Å². The highest BCUT2D eigenvalue weighted by Gasteiger charge is 2.17. The Bertz CT molecular complexity index is 1160. The van der Waals surface area contributed by atoms with Gasteiger partial charge in [0.2, 0.25) is 0 Å². The minimum absolute atomic E-state index is 0.0503. The van der Waals surface area contributed by atoms with Gasteiger partial charge in [0.15, 0.2) is 14.9 Å². The summed E-state index contributed by atoms with van der Waals surface area (Å²) in [6, 6.07) is 12.4. The van der Waals surface area contributed by atoms with Crippen LogP contribution in [0.1, 0.15) is 6.92 Å². The topological polar surface area (TPSA) is 106 Å². The van der Waals surface area contributed by atoms with Gasteiger partial charge in [-0.15, -0.1) is 21.5 Å². The molecule has 7 nitrogen and oxygen atoms in total. The summed E-state index contributed by atoms with van der Waals surface area (Å²) in [6.45, 7) is 1.54. The molecule has 0 amide bonds. The lowest BCUT2D eigenvalue weighted by atomic mass is 10.1. The van der Waals surface area contributed by atoms with E-state index in [0.717, 1.165) is 11.3 Å². The van der Waals surface area contributed by atoms with Gasteiger partial charge < -0.3 is 0 Å². The molecule has 27 heavy (non-hydrogen) atoms. The third kappa shape index (κ3) is 4.46. The zero-order valence-corrected chi connectivity index (χ0v) is 17.2. The standard InChI is InChI=1S/C16H14ClN3O4S3/c1-2-26(21,22)15-9-7-13(18-19-15)11-3-5-12(6-4-11)20-27(23,24)16-10-8-14(17)25-16/h3-10,20H,2H2,1H3. The lowest BCUT2D eigenvalue weighted by Crippen LogP contribution is -2.11. The first kappa shape index (κ1) is 19.7. The van der Waals surface area contributed by atoms with Crippen molar-refractivity contribution in [2.75, 3.05) is 10.5 Å². The van der Waals surface area contributed by atoms with E-state index in [4.69, 9.17) is 11.6 Å². The minimum Gasteiger partial charge on any atom is -0.279 e. The van der Waals surface area contributed by atoms with Gasteiger partial charge in [-0.05, 0) is 36.4 Å². The molecule has 0 fully saturated rings. The number of rotatable bonds is 6. The van der Waals surface area contributed by atoms with Gasteiger partial charge in [0.1, 0.15) is 4.21 Å². The van der Waals surface area contributed by atoms with E-state index in [1.165, 1.54) is 25.1 Å². The Hall–Kier alpha value is -2.01. The Balaban J connectivity index is 1.79. The van der Waals surface area contributed by atoms with Gasteiger partial charge in [-0.25, -0.2) is 16.8 Å². The van der Waals surface area contributed by atoms with Gasteiger partial charge in [-0.1, -0.05) is 30.7 Å². The third-order valence-electron chi connectivity index (χ3n) is 3.59. The molecular formula is C16H14ClN3O4S3. The van der Waals surface area contributed by atoms with Crippen LogP contribution >= 0.6 is 22.9 Å². The first-order valence-electron chi connectivity index (χ1n) is 7.66. The van der Waals surface area contributed by atoms with Crippen molar-refractivity contribution in [2.45, 2.75) is 16.2 Å². The van der Waals surface area contributed by atoms with E-state index in [1.807, 2.05) is 0 Å². The largest absolute Gasteiger partial charge is 0.279 e. The van der Waals surface area contributed by atoms with E-state index in [0.29, 0.717) is 21.3 Å². The number of nitrogens with one attached hydrogen (secondary N) is 1. The van der Waals surface area contributed by atoms with Crippen LogP contribution in [0.15, 0.2) is 57.8 Å². The first-order chi connectivity index (χ1) is 12.7. The second kappa shape index (κ2) is 7.55. The van der Waals surface area contributed by atoms with Gasteiger partial charge in [0, 0.05) is 11.3 Å². The Morgan fingerprint density at radius 2 is 1.67 bits per heavy atom. The van der Waals surface area contributed by atoms with Gasteiger partial charge >= 0.3 is 0 Å². The summed E-state index contributed by atoms with van der Waals surface area (Å²) in [5.74, 6) is -0.0503. The van der Waals surface area contributed by atoms with Crippen LogP contribution in [0, 0.1) is 0 Å². The highest BCUT2D eigenvalue weighted by Crippen LogP contribution is 2.28. The van der Waals surface area contributed by atoms with E-state index in [1.54, 1.807) is 30.3 Å². The van der Waals surface area contributed by atoms with E-state index < -0.39 is 19.9 Å². The van der Waals surface area contributed by atoms with E-state index in [-0.39, 0.29) is 15.0 Å². The number of sulfone groups is 1. The summed E-state index contributed by atoms with van der Waals surface area (Å²) in [4.78, 5) is 0. The highest BCUT2D eigenvalue weighted by atomic mass is 35.5. The van der Waals surface area contributed by atoms with Gasteiger partial charge in [0.05, 0.1) is 15.8 Å². The average molecular weight is 444 g/mol. The van der Waals surface area contributed by atoms with Crippen molar-refractivity contribution in [1.82, 2.24) is 10.2 Å². The molecule has 0 aliphatic heterocycles. The number of aromatic nitrogens is 2. The molecule has 0 aliphatic carbocycles. The summed E-state index contributed by atoms with van der Waals surface area (Å²) < 4.78 is 51.1. The van der Waals surface area contributed by atoms with E-state index in [2.05, 4.69) is 14.9 Å². The predicted molar refractivity (Wildman–Crippen MR) is 105 cm³/mol. The Morgan fingerprint density at radius 1 is 0.963 bits per heavy atom. The Labute approximate surface area is 166 Å². The molecule has 1 N–H and O–H groups in total. The maximum Gasteiger partial charge on any atom is 0.271 e. The summed E-state index contributed by atoms with van der Waals surface area (Å²) in [5, 5.41) is 7.62. The average Bonchev–Trinajstić information content (AvgIpc) is 3.10. The van der Waals surface area contributed by atoms with Crippen molar-refractivity contribution < 1.29 is 16.8 Å². The molecule has 3 rings (SSSR count). The lowest BCUT2D eigenvalue weighted by molar-refractivity contribution is 0.591. The molecule has 2 heterocycles. The molecule has 11 heteroatoms. The molecule has 0 bridgehead atoms. The van der Waals surface area contributed by atoms with Crippen LogP contribution in [0.4, 0.5) is 5.69 Å². The highest BCUT2D eigenvalue weighted by molar-refractivity contribution is 7.94. The fraction of sp³-hybridized carbons (Fsp3) is 0.125. The zero-order valence-electron chi connectivity index (χ0n) is 14.0. The summed E-state index contributed by atoms with van der Waals surface area (Å²) >= 11 is 6.75. The maximum atomic E-state index is 12.3. The van der Waals surface area contributed by atoms with Crippen LogP contribution < -0.4 is 4.72 Å². The number of nitrogens with zero attached hydrogens (tertiary/aromatic N) is 2. The maximum absolute atomic E-state index is 12.3. The molecular weight excluding hydrogens is 430 g/mol. The number of benzene rings is 1. The summed E-state index contributed by atoms with van der Waals surface area (Å²) in [6.07, 6.45) is 0. The molecule has 0 unspecified atom stereocenters. The predicted octanol–water partition coefficient (Wildman–Crippen LogP) is 3.45. The van der Waals surface area contributed by atoms with Crippen LogP contribution in [0.3, 0.4) is 0 Å². The smallest absolute Gasteiger partial charge is 0.271 e. The number of thiophene rings is 1. The van der Waals surface area contributed by atoms with Crippen molar-refractivity contribution >= 4 is 48.5 Å². The number of hydrogen-bond donors (Lipinski definition) is 1. The monoisotopic (exact) mass is 443 g/mol. The van der Waals surface area contributed by atoms with Crippen LogP contribution in [0.2, 0.25) is 4.34 Å². The fourth-order valence-electron chi connectivity index (χ4n) is 2.14. The third-order valence-corrected chi connectivity index (χ3v) is 8.30. The quantitative estimate of drug-likeness (QED) is 0.625. The Morgan fingerprint density at radius 3 is 2.19 bits per heavy atom. The fourth-order valence-corrected chi connectivity index (χ4v) is 5.42. The molecule has 0 saturated heterocycles. The van der Waals surface area contributed by atoms with Gasteiger partial charge in [0.25, 0.3) is 10.0 Å². The molecule has 0 aliphatic rings. The lowest BCUT2D eigenvalue weighted by Gasteiger charge is -2.07. The first-order valence-corrected chi connectivity index (χ1v) is 12.0. The van der Waals surface area contributed by atoms with Crippen molar-refractivity contribution in [1.29, 1.82) is 0 Å². The van der Waals surface area contributed by atoms with Crippen molar-refractivity contribution in [3.8, 4) is 11.3 Å². The molecule has 3 aromatic rings. The van der Waals surface area contributed by atoms with Gasteiger partial charge in [-0.2, -0.15) is 0 Å². The number of halogens is 1. The number of anilines is 1. The normalized spacial score (nSPS) is 12.1. The summed E-state index contributed by atoms with van der Waals surface area (Å²) in [7, 11) is -7.11. The zero-order chi connectivity index (χ0) is 19.7. The van der Waals surface area contributed by atoms with Crippen LogP contribution in [0.5, 0.6) is 0 Å². The Kier molecular flexibility index (Phi) is 5.52. The van der Waals surface area contributed by atoms with Crippen LogP contribution in [-0.4, -0.2) is 32.8 Å². The van der Waals surface area contributed by atoms with Crippen molar-refractivity contribution in [3.05, 3.63) is 52.9 Å². The molecule has 1 aromatic carbocycles. The van der Waals surface area contributed by atoms with E-state index in [9.17, 15) is 16.8 Å². The molecule has 0 atom stereocenters.